The molecule has 1 N–H and O–H groups in total. The summed E-state index contributed by atoms with van der Waals surface area (Å²) in [5, 5.41) is 10.9. The summed E-state index contributed by atoms with van der Waals surface area (Å²) in [6, 6.07) is 19.3. The highest BCUT2D eigenvalue weighted by Crippen LogP contribution is 2.20. The summed E-state index contributed by atoms with van der Waals surface area (Å²) >= 11 is 0. The van der Waals surface area contributed by atoms with Crippen LogP contribution in [0.2, 0.25) is 0 Å². The Bertz CT molecular complexity index is 796. The number of hydrogen-bond donors (Lipinski definition) is 1. The van der Waals surface area contributed by atoms with Crippen molar-refractivity contribution in [1.82, 2.24) is 4.98 Å². The van der Waals surface area contributed by atoms with Gasteiger partial charge < -0.3 is 10.0 Å². The minimum atomic E-state index is 0.272. The van der Waals surface area contributed by atoms with E-state index < -0.39 is 0 Å². The molecule has 3 aromatic rings. The van der Waals surface area contributed by atoms with Gasteiger partial charge in [0.25, 0.3) is 0 Å². The summed E-state index contributed by atoms with van der Waals surface area (Å²) < 4.78 is 0. The molecule has 1 heterocycles. The number of aromatic nitrogens is 1. The monoisotopic (exact) mass is 276 g/mol. The molecule has 0 spiro atoms. The van der Waals surface area contributed by atoms with Gasteiger partial charge in [0.05, 0.1) is 5.52 Å². The molecule has 1 aromatic heterocycles. The van der Waals surface area contributed by atoms with Crippen LogP contribution in [0.25, 0.3) is 17.0 Å². The van der Waals surface area contributed by atoms with Gasteiger partial charge in [-0.25, -0.2) is 4.98 Å². The number of anilines is 1. The Labute approximate surface area is 123 Å². The summed E-state index contributed by atoms with van der Waals surface area (Å²) in [7, 11) is 1.94. The van der Waals surface area contributed by atoms with Gasteiger partial charge in [0.1, 0.15) is 11.6 Å². The molecule has 0 bridgehead atoms. The third-order valence-corrected chi connectivity index (χ3v) is 3.36. The van der Waals surface area contributed by atoms with Gasteiger partial charge in [-0.15, -0.1) is 0 Å². The number of phenols is 1. The molecule has 0 aliphatic rings. The van der Waals surface area contributed by atoms with Crippen LogP contribution < -0.4 is 4.90 Å². The Balaban J connectivity index is 1.87. The van der Waals surface area contributed by atoms with Gasteiger partial charge in [0.15, 0.2) is 0 Å². The predicted molar refractivity (Wildman–Crippen MR) is 87.3 cm³/mol. The molecule has 0 unspecified atom stereocenters. The highest BCUT2D eigenvalue weighted by atomic mass is 16.3. The Morgan fingerprint density at radius 3 is 2.57 bits per heavy atom. The SMILES string of the molecule is CN(C=Cc1ccccc1O)c1ccc2ccccc2n1. The number of rotatable bonds is 3. The number of aromatic hydroxyl groups is 1. The van der Waals surface area contributed by atoms with Gasteiger partial charge in [-0.3, -0.25) is 0 Å². The molecule has 0 aliphatic carbocycles. The van der Waals surface area contributed by atoms with E-state index in [2.05, 4.69) is 11.1 Å². The highest BCUT2D eigenvalue weighted by Gasteiger charge is 2.01. The second kappa shape index (κ2) is 5.67. The zero-order valence-electron chi connectivity index (χ0n) is 11.8. The molecule has 0 fully saturated rings. The molecule has 0 amide bonds. The molecule has 0 aliphatic heterocycles. The van der Waals surface area contributed by atoms with Gasteiger partial charge in [0.2, 0.25) is 0 Å². The molecule has 21 heavy (non-hydrogen) atoms. The zero-order valence-corrected chi connectivity index (χ0v) is 11.8. The van der Waals surface area contributed by atoms with E-state index in [1.807, 2.05) is 66.7 Å². The molecular weight excluding hydrogens is 260 g/mol. The number of benzene rings is 2. The van der Waals surface area contributed by atoms with Gasteiger partial charge in [0, 0.05) is 24.2 Å². The minimum absolute atomic E-state index is 0.272. The Morgan fingerprint density at radius 2 is 1.71 bits per heavy atom. The molecule has 2 aromatic carbocycles. The number of para-hydroxylation sites is 2. The molecule has 3 rings (SSSR count). The number of pyridine rings is 1. The predicted octanol–water partition coefficient (Wildman–Crippen LogP) is 4.05. The summed E-state index contributed by atoms with van der Waals surface area (Å²) in [6.45, 7) is 0. The first-order valence-corrected chi connectivity index (χ1v) is 6.79. The maximum Gasteiger partial charge on any atom is 0.132 e. The Morgan fingerprint density at radius 1 is 0.952 bits per heavy atom. The summed E-state index contributed by atoms with van der Waals surface area (Å²) in [5.41, 5.74) is 1.75. The highest BCUT2D eigenvalue weighted by molar-refractivity contribution is 5.80. The lowest BCUT2D eigenvalue weighted by Gasteiger charge is -2.13. The third kappa shape index (κ3) is 2.87. The van der Waals surface area contributed by atoms with Gasteiger partial charge in [-0.1, -0.05) is 36.4 Å². The van der Waals surface area contributed by atoms with E-state index in [1.54, 1.807) is 12.1 Å². The molecule has 3 nitrogen and oxygen atoms in total. The Hall–Kier alpha value is -2.81. The topological polar surface area (TPSA) is 36.4 Å². The Kier molecular flexibility index (Phi) is 3.56. The average Bonchev–Trinajstić information content (AvgIpc) is 2.53. The number of nitrogens with zero attached hydrogens (tertiary/aromatic N) is 2. The van der Waals surface area contributed by atoms with E-state index in [9.17, 15) is 5.11 Å². The normalized spacial score (nSPS) is 11.1. The van der Waals surface area contributed by atoms with Crippen molar-refractivity contribution in [3.63, 3.8) is 0 Å². The van der Waals surface area contributed by atoms with E-state index in [0.717, 1.165) is 22.3 Å². The van der Waals surface area contributed by atoms with Crippen LogP contribution in [-0.4, -0.2) is 17.1 Å². The third-order valence-electron chi connectivity index (χ3n) is 3.36. The van der Waals surface area contributed by atoms with E-state index in [0.29, 0.717) is 0 Å². The minimum Gasteiger partial charge on any atom is -0.507 e. The van der Waals surface area contributed by atoms with E-state index in [-0.39, 0.29) is 5.75 Å². The second-order valence-corrected chi connectivity index (χ2v) is 4.85. The van der Waals surface area contributed by atoms with Crippen molar-refractivity contribution in [2.24, 2.45) is 0 Å². The van der Waals surface area contributed by atoms with Crippen molar-refractivity contribution in [1.29, 1.82) is 0 Å². The molecule has 104 valence electrons. The van der Waals surface area contributed by atoms with Crippen molar-refractivity contribution in [3.05, 3.63) is 72.4 Å². The van der Waals surface area contributed by atoms with Crippen LogP contribution in [0, 0.1) is 0 Å². The maximum atomic E-state index is 9.75. The van der Waals surface area contributed by atoms with Crippen molar-refractivity contribution < 1.29 is 5.11 Å². The summed E-state index contributed by atoms with van der Waals surface area (Å²) in [4.78, 5) is 6.55. The molecular formula is C18H16N2O. The van der Waals surface area contributed by atoms with Crippen LogP contribution in [0.4, 0.5) is 5.82 Å². The fourth-order valence-electron chi connectivity index (χ4n) is 2.15. The van der Waals surface area contributed by atoms with Crippen LogP contribution in [0.15, 0.2) is 66.9 Å². The maximum absolute atomic E-state index is 9.75. The lowest BCUT2D eigenvalue weighted by Crippen LogP contribution is -2.09. The van der Waals surface area contributed by atoms with Crippen LogP contribution in [0.5, 0.6) is 5.75 Å². The summed E-state index contributed by atoms with van der Waals surface area (Å²) in [6.07, 6.45) is 3.76. The number of hydrogen-bond acceptors (Lipinski definition) is 3. The lowest BCUT2D eigenvalue weighted by molar-refractivity contribution is 0.474. The van der Waals surface area contributed by atoms with Crippen LogP contribution >= 0.6 is 0 Å². The van der Waals surface area contributed by atoms with Gasteiger partial charge in [-0.05, 0) is 30.3 Å². The van der Waals surface area contributed by atoms with Gasteiger partial charge >= 0.3 is 0 Å². The van der Waals surface area contributed by atoms with Crippen molar-refractivity contribution in [3.8, 4) is 5.75 Å². The smallest absolute Gasteiger partial charge is 0.132 e. The fourth-order valence-corrected chi connectivity index (χ4v) is 2.15. The van der Waals surface area contributed by atoms with Crippen LogP contribution in [-0.2, 0) is 0 Å². The van der Waals surface area contributed by atoms with Crippen molar-refractivity contribution in [2.45, 2.75) is 0 Å². The first-order chi connectivity index (χ1) is 10.2. The quantitative estimate of drug-likeness (QED) is 0.784. The second-order valence-electron chi connectivity index (χ2n) is 4.85. The largest absolute Gasteiger partial charge is 0.507 e. The summed E-state index contributed by atoms with van der Waals surface area (Å²) in [5.74, 6) is 1.13. The molecule has 3 heteroatoms. The molecule has 0 atom stereocenters. The van der Waals surface area contributed by atoms with E-state index >= 15 is 0 Å². The zero-order chi connectivity index (χ0) is 14.7. The average molecular weight is 276 g/mol. The molecule has 0 saturated heterocycles. The number of fused-ring (bicyclic) bond motifs is 1. The first-order valence-electron chi connectivity index (χ1n) is 6.79. The van der Waals surface area contributed by atoms with Gasteiger partial charge in [-0.2, -0.15) is 0 Å². The number of phenolic OH excluding ortho intramolecular Hbond substituents is 1. The molecule has 0 radical (unpaired) electrons. The van der Waals surface area contributed by atoms with E-state index in [1.165, 1.54) is 0 Å². The van der Waals surface area contributed by atoms with Crippen molar-refractivity contribution >= 4 is 22.8 Å². The fraction of sp³-hybridized carbons (Fsp3) is 0.0556. The van der Waals surface area contributed by atoms with E-state index in [4.69, 9.17) is 0 Å². The molecule has 0 saturated carbocycles. The van der Waals surface area contributed by atoms with Crippen LogP contribution in [0.1, 0.15) is 5.56 Å². The first kappa shape index (κ1) is 13.2. The standard InChI is InChI=1S/C18H16N2O/c1-20(13-12-15-7-3-5-9-17(15)21)18-11-10-14-6-2-4-8-16(14)19-18/h2-13,21H,1H3. The van der Waals surface area contributed by atoms with Crippen LogP contribution in [0.3, 0.4) is 0 Å². The lowest BCUT2D eigenvalue weighted by atomic mass is 10.2. The van der Waals surface area contributed by atoms with Crippen molar-refractivity contribution in [2.75, 3.05) is 11.9 Å².